The smallest absolute Gasteiger partial charge is 0.0616 e. The van der Waals surface area contributed by atoms with Crippen molar-refractivity contribution in [2.24, 2.45) is 0 Å². The quantitative estimate of drug-likeness (QED) is 0.535. The van der Waals surface area contributed by atoms with Gasteiger partial charge in [0.05, 0.1) is 6.61 Å². The summed E-state index contributed by atoms with van der Waals surface area (Å²) in [6.07, 6.45) is 3.16. The lowest BCUT2D eigenvalue weighted by molar-refractivity contribution is 0.148. The van der Waals surface area contributed by atoms with E-state index in [1.807, 2.05) is 0 Å². The van der Waals surface area contributed by atoms with Gasteiger partial charge in [0, 0.05) is 19.8 Å². The van der Waals surface area contributed by atoms with Gasteiger partial charge < -0.3 is 15.2 Å². The maximum absolute atomic E-state index is 8.72. The van der Waals surface area contributed by atoms with Crippen LogP contribution >= 0.6 is 0 Å². The van der Waals surface area contributed by atoms with E-state index in [9.17, 15) is 0 Å². The lowest BCUT2D eigenvalue weighted by Crippen LogP contribution is -2.34. The predicted molar refractivity (Wildman–Crippen MR) is 50.3 cm³/mol. The topological polar surface area (TPSA) is 41.5 Å². The van der Waals surface area contributed by atoms with Crippen LogP contribution in [-0.4, -0.2) is 38.0 Å². The number of hydrogen-bond donors (Lipinski definition) is 2. The Morgan fingerprint density at radius 1 is 1.50 bits per heavy atom. The van der Waals surface area contributed by atoms with Crippen molar-refractivity contribution in [3.8, 4) is 0 Å². The summed E-state index contributed by atoms with van der Waals surface area (Å²) >= 11 is 0. The summed E-state index contributed by atoms with van der Waals surface area (Å²) in [5, 5.41) is 12.1. The standard InChI is InChI=1S/C9H21NO2/c1-3-4-6-10-9(5-7-11)8-12-2/h9-11H,3-8H2,1-2H3. The minimum Gasteiger partial charge on any atom is -0.396 e. The van der Waals surface area contributed by atoms with E-state index in [0.29, 0.717) is 12.6 Å². The zero-order valence-corrected chi connectivity index (χ0v) is 8.18. The molecule has 0 radical (unpaired) electrons. The van der Waals surface area contributed by atoms with Crippen molar-refractivity contribution in [1.82, 2.24) is 5.32 Å². The summed E-state index contributed by atoms with van der Waals surface area (Å²) in [6.45, 7) is 4.10. The first kappa shape index (κ1) is 11.9. The summed E-state index contributed by atoms with van der Waals surface area (Å²) < 4.78 is 5.01. The molecule has 0 aromatic heterocycles. The highest BCUT2D eigenvalue weighted by molar-refractivity contribution is 4.64. The van der Waals surface area contributed by atoms with Crippen LogP contribution in [0.2, 0.25) is 0 Å². The first-order valence-corrected chi connectivity index (χ1v) is 4.68. The van der Waals surface area contributed by atoms with Crippen molar-refractivity contribution >= 4 is 0 Å². The molecule has 74 valence electrons. The summed E-state index contributed by atoms with van der Waals surface area (Å²) in [5.41, 5.74) is 0. The van der Waals surface area contributed by atoms with Gasteiger partial charge in [0.2, 0.25) is 0 Å². The number of unbranched alkanes of at least 4 members (excludes halogenated alkanes) is 1. The largest absolute Gasteiger partial charge is 0.396 e. The Labute approximate surface area is 75.1 Å². The molecule has 0 saturated carbocycles. The van der Waals surface area contributed by atoms with Gasteiger partial charge >= 0.3 is 0 Å². The fourth-order valence-corrected chi connectivity index (χ4v) is 1.08. The van der Waals surface area contributed by atoms with Gasteiger partial charge in [0.1, 0.15) is 0 Å². The first-order valence-electron chi connectivity index (χ1n) is 4.68. The average Bonchev–Trinajstić information content (AvgIpc) is 2.06. The molecule has 0 aliphatic carbocycles. The van der Waals surface area contributed by atoms with Crippen molar-refractivity contribution in [2.45, 2.75) is 32.2 Å². The normalized spacial score (nSPS) is 13.2. The molecule has 3 heteroatoms. The van der Waals surface area contributed by atoms with Crippen LogP contribution < -0.4 is 5.32 Å². The molecule has 0 heterocycles. The molecule has 0 aliphatic heterocycles. The van der Waals surface area contributed by atoms with Gasteiger partial charge in [-0.05, 0) is 19.4 Å². The van der Waals surface area contributed by atoms with Gasteiger partial charge in [-0.1, -0.05) is 13.3 Å². The van der Waals surface area contributed by atoms with Crippen LogP contribution in [0.25, 0.3) is 0 Å². The van der Waals surface area contributed by atoms with Crippen LogP contribution in [0.1, 0.15) is 26.2 Å². The van der Waals surface area contributed by atoms with Gasteiger partial charge in [-0.3, -0.25) is 0 Å². The number of aliphatic hydroxyl groups excluding tert-OH is 1. The SMILES string of the molecule is CCCCNC(CCO)COC. The lowest BCUT2D eigenvalue weighted by atomic mass is 10.2. The molecule has 0 spiro atoms. The summed E-state index contributed by atoms with van der Waals surface area (Å²) in [7, 11) is 1.69. The Balaban J connectivity index is 3.34. The zero-order chi connectivity index (χ0) is 9.23. The molecule has 3 nitrogen and oxygen atoms in total. The van der Waals surface area contributed by atoms with Crippen molar-refractivity contribution in [2.75, 3.05) is 26.9 Å². The highest BCUT2D eigenvalue weighted by Crippen LogP contribution is 1.93. The Bertz CT molecular complexity index is 82.6. The van der Waals surface area contributed by atoms with Crippen LogP contribution in [0.5, 0.6) is 0 Å². The zero-order valence-electron chi connectivity index (χ0n) is 8.18. The van der Waals surface area contributed by atoms with E-state index in [1.54, 1.807) is 7.11 Å². The van der Waals surface area contributed by atoms with Gasteiger partial charge in [-0.15, -0.1) is 0 Å². The molecule has 0 bridgehead atoms. The summed E-state index contributed by atoms with van der Waals surface area (Å²) in [5.74, 6) is 0. The Kier molecular flexibility index (Phi) is 8.88. The van der Waals surface area contributed by atoms with E-state index >= 15 is 0 Å². The van der Waals surface area contributed by atoms with Gasteiger partial charge in [-0.2, -0.15) is 0 Å². The summed E-state index contributed by atoms with van der Waals surface area (Å²) in [4.78, 5) is 0. The van der Waals surface area contributed by atoms with E-state index < -0.39 is 0 Å². The fourth-order valence-electron chi connectivity index (χ4n) is 1.08. The molecule has 1 unspecified atom stereocenters. The molecule has 0 saturated heterocycles. The van der Waals surface area contributed by atoms with Gasteiger partial charge in [0.25, 0.3) is 0 Å². The Hall–Kier alpha value is -0.120. The molecule has 12 heavy (non-hydrogen) atoms. The van der Waals surface area contributed by atoms with Crippen molar-refractivity contribution in [1.29, 1.82) is 0 Å². The molecule has 1 atom stereocenters. The molecule has 0 rings (SSSR count). The van der Waals surface area contributed by atoms with Crippen LogP contribution in [0.4, 0.5) is 0 Å². The van der Waals surface area contributed by atoms with Crippen LogP contribution in [0, 0.1) is 0 Å². The van der Waals surface area contributed by atoms with Crippen LogP contribution in [0.3, 0.4) is 0 Å². The third-order valence-electron chi connectivity index (χ3n) is 1.81. The predicted octanol–water partition coefficient (Wildman–Crippen LogP) is 0.773. The molecule has 0 aromatic rings. The lowest BCUT2D eigenvalue weighted by Gasteiger charge is -2.16. The van der Waals surface area contributed by atoms with Crippen molar-refractivity contribution in [3.63, 3.8) is 0 Å². The maximum Gasteiger partial charge on any atom is 0.0616 e. The van der Waals surface area contributed by atoms with E-state index in [1.165, 1.54) is 12.8 Å². The highest BCUT2D eigenvalue weighted by atomic mass is 16.5. The molecule has 0 fully saturated rings. The molecular weight excluding hydrogens is 154 g/mol. The van der Waals surface area contributed by atoms with E-state index in [0.717, 1.165) is 13.0 Å². The second-order valence-corrected chi connectivity index (χ2v) is 2.97. The van der Waals surface area contributed by atoms with E-state index in [-0.39, 0.29) is 6.61 Å². The second kappa shape index (κ2) is 8.97. The van der Waals surface area contributed by atoms with Crippen molar-refractivity contribution in [3.05, 3.63) is 0 Å². The third kappa shape index (κ3) is 6.58. The van der Waals surface area contributed by atoms with E-state index in [4.69, 9.17) is 9.84 Å². The number of nitrogens with one attached hydrogen (secondary N) is 1. The Morgan fingerprint density at radius 2 is 2.25 bits per heavy atom. The van der Waals surface area contributed by atoms with E-state index in [2.05, 4.69) is 12.2 Å². The average molecular weight is 175 g/mol. The van der Waals surface area contributed by atoms with Crippen LogP contribution in [-0.2, 0) is 4.74 Å². The second-order valence-electron chi connectivity index (χ2n) is 2.97. The minimum absolute atomic E-state index is 0.229. The maximum atomic E-state index is 8.72. The molecular formula is C9H21NO2. The van der Waals surface area contributed by atoms with Crippen molar-refractivity contribution < 1.29 is 9.84 Å². The molecule has 0 amide bonds. The molecule has 2 N–H and O–H groups in total. The number of rotatable bonds is 8. The Morgan fingerprint density at radius 3 is 2.75 bits per heavy atom. The fraction of sp³-hybridized carbons (Fsp3) is 1.00. The van der Waals surface area contributed by atoms with Gasteiger partial charge in [0.15, 0.2) is 0 Å². The number of hydrogen-bond acceptors (Lipinski definition) is 3. The number of ether oxygens (including phenoxy) is 1. The monoisotopic (exact) mass is 175 g/mol. The third-order valence-corrected chi connectivity index (χ3v) is 1.81. The van der Waals surface area contributed by atoms with Gasteiger partial charge in [-0.25, -0.2) is 0 Å². The molecule has 0 aromatic carbocycles. The van der Waals surface area contributed by atoms with Crippen LogP contribution in [0.15, 0.2) is 0 Å². The summed E-state index contributed by atoms with van der Waals surface area (Å²) in [6, 6.07) is 0.312. The minimum atomic E-state index is 0.229. The number of aliphatic hydroxyl groups is 1. The molecule has 0 aliphatic rings. The number of methoxy groups -OCH3 is 1. The highest BCUT2D eigenvalue weighted by Gasteiger charge is 2.05. The first-order chi connectivity index (χ1) is 5.85.